The van der Waals surface area contributed by atoms with Crippen molar-refractivity contribution >= 4 is 11.6 Å². The Kier molecular flexibility index (Phi) is 5.06. The van der Waals surface area contributed by atoms with Gasteiger partial charge in [-0.1, -0.05) is 48.5 Å². The lowest BCUT2D eigenvalue weighted by molar-refractivity contribution is 0.102. The van der Waals surface area contributed by atoms with Gasteiger partial charge >= 0.3 is 0 Å². The molecule has 0 atom stereocenters. The van der Waals surface area contributed by atoms with Gasteiger partial charge in [-0.3, -0.25) is 4.79 Å². The van der Waals surface area contributed by atoms with E-state index in [2.05, 4.69) is 25.9 Å². The van der Waals surface area contributed by atoms with E-state index in [4.69, 9.17) is 4.74 Å². The summed E-state index contributed by atoms with van der Waals surface area (Å²) in [5, 5.41) is 16.8. The molecule has 1 aromatic heterocycles. The van der Waals surface area contributed by atoms with Gasteiger partial charge in [-0.05, 0) is 35.5 Å². The molecule has 0 saturated carbocycles. The number of hydrogen-bond donors (Lipinski definition) is 2. The molecule has 0 bridgehead atoms. The lowest BCUT2D eigenvalue weighted by atomic mass is 10.1. The van der Waals surface area contributed by atoms with Gasteiger partial charge in [0.1, 0.15) is 12.4 Å². The highest BCUT2D eigenvalue weighted by Gasteiger charge is 2.13. The summed E-state index contributed by atoms with van der Waals surface area (Å²) in [4.78, 5) is 12.8. The zero-order valence-corrected chi connectivity index (χ0v) is 14.9. The van der Waals surface area contributed by atoms with Gasteiger partial charge < -0.3 is 10.1 Å². The molecular formula is C21H17N5O2. The predicted octanol–water partition coefficient (Wildman–Crippen LogP) is 3.70. The molecule has 4 aromatic rings. The number of anilines is 1. The molecule has 2 N–H and O–H groups in total. The van der Waals surface area contributed by atoms with E-state index in [1.807, 2.05) is 66.7 Å². The molecule has 3 aromatic carbocycles. The lowest BCUT2D eigenvalue weighted by Gasteiger charge is -2.12. The van der Waals surface area contributed by atoms with Gasteiger partial charge in [0, 0.05) is 22.4 Å². The van der Waals surface area contributed by atoms with Crippen LogP contribution >= 0.6 is 0 Å². The Bertz CT molecular complexity index is 1070. The first kappa shape index (κ1) is 17.4. The van der Waals surface area contributed by atoms with Crippen molar-refractivity contribution in [2.75, 3.05) is 5.32 Å². The second-order valence-electron chi connectivity index (χ2n) is 6.03. The Labute approximate surface area is 161 Å². The summed E-state index contributed by atoms with van der Waals surface area (Å²) < 4.78 is 5.79. The zero-order valence-electron chi connectivity index (χ0n) is 14.9. The highest BCUT2D eigenvalue weighted by atomic mass is 16.5. The molecule has 0 aliphatic carbocycles. The van der Waals surface area contributed by atoms with Crippen LogP contribution in [0.4, 0.5) is 5.69 Å². The van der Waals surface area contributed by atoms with Crippen molar-refractivity contribution in [2.45, 2.75) is 6.61 Å². The summed E-state index contributed by atoms with van der Waals surface area (Å²) >= 11 is 0. The van der Waals surface area contributed by atoms with Crippen molar-refractivity contribution in [2.24, 2.45) is 0 Å². The molecular weight excluding hydrogens is 354 g/mol. The summed E-state index contributed by atoms with van der Waals surface area (Å²) in [6, 6.07) is 24.2. The van der Waals surface area contributed by atoms with Crippen LogP contribution in [0.2, 0.25) is 0 Å². The van der Waals surface area contributed by atoms with E-state index in [9.17, 15) is 4.79 Å². The van der Waals surface area contributed by atoms with Gasteiger partial charge in [0.2, 0.25) is 5.82 Å². The standard InChI is InChI=1S/C21H17N5O2/c27-21(22-17-9-6-8-15(13-17)20-23-25-26-24-20)19-12-5-4-7-16(19)14-28-18-10-2-1-3-11-18/h1-13H,14H2,(H,22,27)(H,23,24,25,26). The van der Waals surface area contributed by atoms with Crippen molar-refractivity contribution in [1.82, 2.24) is 20.6 Å². The van der Waals surface area contributed by atoms with Gasteiger partial charge in [0.05, 0.1) is 0 Å². The molecule has 0 aliphatic heterocycles. The first-order chi connectivity index (χ1) is 13.8. The average Bonchev–Trinajstić information content (AvgIpc) is 3.28. The van der Waals surface area contributed by atoms with Crippen molar-refractivity contribution in [1.29, 1.82) is 0 Å². The number of carbonyl (C=O) groups excluding carboxylic acids is 1. The quantitative estimate of drug-likeness (QED) is 0.539. The fourth-order valence-electron chi connectivity index (χ4n) is 2.76. The number of carbonyl (C=O) groups is 1. The molecule has 138 valence electrons. The molecule has 0 aliphatic rings. The van der Waals surface area contributed by atoms with Crippen molar-refractivity contribution in [3.05, 3.63) is 90.0 Å². The Hall–Kier alpha value is -4.00. The summed E-state index contributed by atoms with van der Waals surface area (Å²) in [6.45, 7) is 0.302. The molecule has 0 radical (unpaired) electrons. The third kappa shape index (κ3) is 4.04. The SMILES string of the molecule is O=C(Nc1cccc(-c2nn[nH]n2)c1)c1ccccc1COc1ccccc1. The van der Waals surface area contributed by atoms with Crippen LogP contribution in [0.25, 0.3) is 11.4 Å². The van der Waals surface area contributed by atoms with Crippen LogP contribution in [0.3, 0.4) is 0 Å². The Morgan fingerprint density at radius 2 is 1.79 bits per heavy atom. The molecule has 0 unspecified atom stereocenters. The van der Waals surface area contributed by atoms with E-state index in [-0.39, 0.29) is 5.91 Å². The Morgan fingerprint density at radius 1 is 0.964 bits per heavy atom. The number of nitrogens with one attached hydrogen (secondary N) is 2. The maximum Gasteiger partial charge on any atom is 0.256 e. The molecule has 4 rings (SSSR count). The molecule has 7 nitrogen and oxygen atoms in total. The molecule has 1 amide bonds. The monoisotopic (exact) mass is 371 g/mol. The average molecular weight is 371 g/mol. The van der Waals surface area contributed by atoms with Crippen LogP contribution in [0.1, 0.15) is 15.9 Å². The topological polar surface area (TPSA) is 92.8 Å². The fourth-order valence-corrected chi connectivity index (χ4v) is 2.76. The highest BCUT2D eigenvalue weighted by Crippen LogP contribution is 2.20. The first-order valence-corrected chi connectivity index (χ1v) is 8.70. The fraction of sp³-hybridized carbons (Fsp3) is 0.0476. The third-order valence-corrected chi connectivity index (χ3v) is 4.12. The van der Waals surface area contributed by atoms with Crippen molar-refractivity contribution < 1.29 is 9.53 Å². The van der Waals surface area contributed by atoms with Crippen LogP contribution in [-0.2, 0) is 6.61 Å². The number of amides is 1. The minimum Gasteiger partial charge on any atom is -0.489 e. The number of aromatic nitrogens is 4. The normalized spacial score (nSPS) is 10.4. The smallest absolute Gasteiger partial charge is 0.256 e. The zero-order chi connectivity index (χ0) is 19.2. The van der Waals surface area contributed by atoms with Crippen LogP contribution in [-0.4, -0.2) is 26.5 Å². The van der Waals surface area contributed by atoms with Crippen molar-refractivity contribution in [3.8, 4) is 17.1 Å². The molecule has 0 spiro atoms. The van der Waals surface area contributed by atoms with Crippen LogP contribution in [0.15, 0.2) is 78.9 Å². The van der Waals surface area contributed by atoms with E-state index >= 15 is 0 Å². The van der Waals surface area contributed by atoms with Crippen LogP contribution in [0.5, 0.6) is 5.75 Å². The van der Waals surface area contributed by atoms with Crippen LogP contribution < -0.4 is 10.1 Å². The van der Waals surface area contributed by atoms with E-state index < -0.39 is 0 Å². The summed E-state index contributed by atoms with van der Waals surface area (Å²) in [6.07, 6.45) is 0. The predicted molar refractivity (Wildman–Crippen MR) is 105 cm³/mol. The van der Waals surface area contributed by atoms with E-state index in [1.165, 1.54) is 0 Å². The largest absolute Gasteiger partial charge is 0.489 e. The Balaban J connectivity index is 1.50. The number of ether oxygens (including phenoxy) is 1. The molecule has 7 heteroatoms. The summed E-state index contributed by atoms with van der Waals surface area (Å²) in [5.74, 6) is 1.01. The maximum atomic E-state index is 12.8. The molecule has 0 fully saturated rings. The second kappa shape index (κ2) is 8.13. The molecule has 1 heterocycles. The Morgan fingerprint density at radius 3 is 2.61 bits per heavy atom. The van der Waals surface area contributed by atoms with Gasteiger partial charge in [-0.2, -0.15) is 5.21 Å². The van der Waals surface area contributed by atoms with Gasteiger partial charge in [-0.25, -0.2) is 0 Å². The number of H-pyrrole nitrogens is 1. The highest BCUT2D eigenvalue weighted by molar-refractivity contribution is 6.05. The number of nitrogens with zero attached hydrogens (tertiary/aromatic N) is 3. The number of rotatable bonds is 6. The van der Waals surface area contributed by atoms with E-state index in [1.54, 1.807) is 12.1 Å². The van der Waals surface area contributed by atoms with E-state index in [0.29, 0.717) is 23.7 Å². The van der Waals surface area contributed by atoms with E-state index in [0.717, 1.165) is 16.9 Å². The minimum absolute atomic E-state index is 0.211. The summed E-state index contributed by atoms with van der Waals surface area (Å²) in [5.41, 5.74) is 2.76. The van der Waals surface area contributed by atoms with Gasteiger partial charge in [0.25, 0.3) is 5.91 Å². The number of para-hydroxylation sites is 1. The van der Waals surface area contributed by atoms with Gasteiger partial charge in [-0.15, -0.1) is 10.2 Å². The number of hydrogen-bond acceptors (Lipinski definition) is 5. The molecule has 0 saturated heterocycles. The minimum atomic E-state index is -0.211. The van der Waals surface area contributed by atoms with Gasteiger partial charge in [0.15, 0.2) is 0 Å². The number of benzene rings is 3. The number of tetrazole rings is 1. The van der Waals surface area contributed by atoms with Crippen molar-refractivity contribution in [3.63, 3.8) is 0 Å². The van der Waals surface area contributed by atoms with Crippen LogP contribution in [0, 0.1) is 0 Å². The second-order valence-corrected chi connectivity index (χ2v) is 6.03. The third-order valence-electron chi connectivity index (χ3n) is 4.12. The maximum absolute atomic E-state index is 12.8. The first-order valence-electron chi connectivity index (χ1n) is 8.70. The number of aromatic amines is 1. The molecule has 28 heavy (non-hydrogen) atoms. The summed E-state index contributed by atoms with van der Waals surface area (Å²) in [7, 11) is 0. The lowest BCUT2D eigenvalue weighted by Crippen LogP contribution is -2.15.